The Bertz CT molecular complexity index is 272. The van der Waals surface area contributed by atoms with E-state index >= 15 is 0 Å². The maximum absolute atomic E-state index is 10.8. The first-order valence-corrected chi connectivity index (χ1v) is 5.29. The van der Waals surface area contributed by atoms with Crippen LogP contribution in [0.2, 0.25) is 0 Å². The third-order valence-corrected chi connectivity index (χ3v) is 3.26. The van der Waals surface area contributed by atoms with Crippen molar-refractivity contribution >= 4 is 5.91 Å². The number of rotatable bonds is 3. The van der Waals surface area contributed by atoms with Crippen LogP contribution in [0.5, 0.6) is 0 Å². The van der Waals surface area contributed by atoms with Crippen molar-refractivity contribution in [3.05, 3.63) is 11.6 Å². The molecular weight excluding hydrogens is 178 g/mol. The van der Waals surface area contributed by atoms with Gasteiger partial charge in [0.2, 0.25) is 5.91 Å². The molecule has 0 aromatic carbocycles. The van der Waals surface area contributed by atoms with Crippen molar-refractivity contribution in [2.75, 3.05) is 0 Å². The number of carbonyl (C=O) groups excluding carboxylic acids is 1. The lowest BCUT2D eigenvalue weighted by atomic mass is 9.86. The van der Waals surface area contributed by atoms with Gasteiger partial charge in [0.1, 0.15) is 0 Å². The van der Waals surface area contributed by atoms with Gasteiger partial charge in [-0.05, 0) is 38.5 Å². The minimum absolute atomic E-state index is 0.304. The summed E-state index contributed by atoms with van der Waals surface area (Å²) < 4.78 is 5.45. The molecule has 3 atom stereocenters. The molecular formula is C11H17NO2. The topological polar surface area (TPSA) is 55.6 Å². The summed E-state index contributed by atoms with van der Waals surface area (Å²) in [6.45, 7) is 1.78. The fraction of sp³-hybridized carbons (Fsp3) is 0.727. The number of primary amides is 1. The Morgan fingerprint density at radius 3 is 2.93 bits per heavy atom. The first-order chi connectivity index (χ1) is 6.66. The molecule has 3 heteroatoms. The van der Waals surface area contributed by atoms with Crippen molar-refractivity contribution < 1.29 is 9.53 Å². The van der Waals surface area contributed by atoms with Gasteiger partial charge in [-0.25, -0.2) is 0 Å². The molecule has 1 aliphatic carbocycles. The van der Waals surface area contributed by atoms with Crippen LogP contribution >= 0.6 is 0 Å². The molecule has 3 nitrogen and oxygen atoms in total. The maximum atomic E-state index is 10.8. The average Bonchev–Trinajstić information content (AvgIpc) is 2.91. The van der Waals surface area contributed by atoms with Crippen LogP contribution in [-0.2, 0) is 9.53 Å². The lowest BCUT2D eigenvalue weighted by Gasteiger charge is -2.16. The Balaban J connectivity index is 1.79. The molecule has 3 unspecified atom stereocenters. The molecule has 0 spiro atoms. The summed E-state index contributed by atoms with van der Waals surface area (Å²) in [6, 6.07) is 0. The van der Waals surface area contributed by atoms with Gasteiger partial charge in [0.05, 0.1) is 12.2 Å². The molecule has 2 fully saturated rings. The van der Waals surface area contributed by atoms with E-state index in [1.54, 1.807) is 6.92 Å². The molecule has 78 valence electrons. The number of hydrogen-bond donors (Lipinski definition) is 1. The first kappa shape index (κ1) is 9.71. The lowest BCUT2D eigenvalue weighted by Crippen LogP contribution is -2.14. The standard InChI is InChI=1S/C11H17NO2/c1-7(11(12)13)2-3-8-4-5-9-10(6-8)14-9/h2,8-10H,3-6H2,1H3,(H2,12,13). The summed E-state index contributed by atoms with van der Waals surface area (Å²) in [4.78, 5) is 10.8. The first-order valence-electron chi connectivity index (χ1n) is 5.29. The van der Waals surface area contributed by atoms with E-state index in [1.165, 1.54) is 12.8 Å². The summed E-state index contributed by atoms with van der Waals surface area (Å²) in [5.41, 5.74) is 5.84. The largest absolute Gasteiger partial charge is 0.370 e. The van der Waals surface area contributed by atoms with Gasteiger partial charge in [-0.1, -0.05) is 6.08 Å². The molecule has 1 saturated carbocycles. The zero-order valence-electron chi connectivity index (χ0n) is 8.53. The van der Waals surface area contributed by atoms with Crippen LogP contribution in [0.15, 0.2) is 11.6 Å². The van der Waals surface area contributed by atoms with Crippen LogP contribution in [0.4, 0.5) is 0 Å². The van der Waals surface area contributed by atoms with E-state index in [2.05, 4.69) is 0 Å². The number of fused-ring (bicyclic) bond motifs is 1. The van der Waals surface area contributed by atoms with E-state index < -0.39 is 0 Å². The summed E-state index contributed by atoms with van der Waals surface area (Å²) in [5.74, 6) is 0.384. The van der Waals surface area contributed by atoms with Crippen LogP contribution < -0.4 is 5.73 Å². The molecule has 2 rings (SSSR count). The summed E-state index contributed by atoms with van der Waals surface area (Å²) >= 11 is 0. The van der Waals surface area contributed by atoms with E-state index in [0.29, 0.717) is 23.7 Å². The highest BCUT2D eigenvalue weighted by Gasteiger charge is 2.43. The number of allylic oxidation sites excluding steroid dienone is 1. The van der Waals surface area contributed by atoms with E-state index in [0.717, 1.165) is 12.8 Å². The van der Waals surface area contributed by atoms with Gasteiger partial charge in [-0.15, -0.1) is 0 Å². The second-order valence-electron chi connectivity index (χ2n) is 4.38. The van der Waals surface area contributed by atoms with Crippen molar-refractivity contribution in [1.82, 2.24) is 0 Å². The quantitative estimate of drug-likeness (QED) is 0.546. The monoisotopic (exact) mass is 195 g/mol. The molecule has 0 aromatic rings. The zero-order valence-corrected chi connectivity index (χ0v) is 8.53. The van der Waals surface area contributed by atoms with E-state index in [1.807, 2.05) is 6.08 Å². The van der Waals surface area contributed by atoms with E-state index in [4.69, 9.17) is 10.5 Å². The van der Waals surface area contributed by atoms with Crippen molar-refractivity contribution in [2.24, 2.45) is 11.7 Å². The highest BCUT2D eigenvalue weighted by atomic mass is 16.6. The predicted octanol–water partition coefficient (Wildman–Crippen LogP) is 1.38. The second kappa shape index (κ2) is 3.73. The van der Waals surface area contributed by atoms with Crippen molar-refractivity contribution in [2.45, 2.75) is 44.8 Å². The number of carbonyl (C=O) groups is 1. The van der Waals surface area contributed by atoms with Crippen LogP contribution in [-0.4, -0.2) is 18.1 Å². The Morgan fingerprint density at radius 2 is 2.29 bits per heavy atom. The minimum atomic E-state index is -0.304. The van der Waals surface area contributed by atoms with Gasteiger partial charge in [-0.3, -0.25) is 4.79 Å². The second-order valence-corrected chi connectivity index (χ2v) is 4.38. The third-order valence-electron chi connectivity index (χ3n) is 3.26. The summed E-state index contributed by atoms with van der Waals surface area (Å²) in [6.07, 6.45) is 7.61. The fourth-order valence-corrected chi connectivity index (χ4v) is 2.14. The normalized spacial score (nSPS) is 36.4. The zero-order chi connectivity index (χ0) is 10.1. The number of amides is 1. The van der Waals surface area contributed by atoms with Crippen molar-refractivity contribution in [1.29, 1.82) is 0 Å². The third kappa shape index (κ3) is 2.15. The summed E-state index contributed by atoms with van der Waals surface area (Å²) in [7, 11) is 0. The Morgan fingerprint density at radius 1 is 1.50 bits per heavy atom. The molecule has 2 aliphatic rings. The molecule has 1 heterocycles. The fourth-order valence-electron chi connectivity index (χ4n) is 2.14. The van der Waals surface area contributed by atoms with Gasteiger partial charge in [0.15, 0.2) is 0 Å². The molecule has 0 aromatic heterocycles. The van der Waals surface area contributed by atoms with E-state index in [-0.39, 0.29) is 5.91 Å². The molecule has 14 heavy (non-hydrogen) atoms. The number of hydrogen-bond acceptors (Lipinski definition) is 2. The Hall–Kier alpha value is -0.830. The summed E-state index contributed by atoms with van der Waals surface area (Å²) in [5, 5.41) is 0. The van der Waals surface area contributed by atoms with Gasteiger partial charge in [0, 0.05) is 5.57 Å². The maximum Gasteiger partial charge on any atom is 0.244 e. The van der Waals surface area contributed by atoms with E-state index in [9.17, 15) is 4.79 Å². The van der Waals surface area contributed by atoms with Crippen molar-refractivity contribution in [3.8, 4) is 0 Å². The highest BCUT2D eigenvalue weighted by molar-refractivity contribution is 5.91. The van der Waals surface area contributed by atoms with Crippen LogP contribution in [0.25, 0.3) is 0 Å². The predicted molar refractivity (Wildman–Crippen MR) is 53.6 cm³/mol. The van der Waals surface area contributed by atoms with Crippen LogP contribution in [0, 0.1) is 5.92 Å². The smallest absolute Gasteiger partial charge is 0.244 e. The number of ether oxygens (including phenoxy) is 1. The lowest BCUT2D eigenvalue weighted by molar-refractivity contribution is -0.114. The molecule has 0 radical (unpaired) electrons. The van der Waals surface area contributed by atoms with Crippen molar-refractivity contribution in [3.63, 3.8) is 0 Å². The highest BCUT2D eigenvalue weighted by Crippen LogP contribution is 2.40. The van der Waals surface area contributed by atoms with Gasteiger partial charge in [0.25, 0.3) is 0 Å². The van der Waals surface area contributed by atoms with Gasteiger partial charge < -0.3 is 10.5 Å². The molecule has 0 bridgehead atoms. The van der Waals surface area contributed by atoms with Gasteiger partial charge in [-0.2, -0.15) is 0 Å². The Kier molecular flexibility index (Phi) is 2.59. The minimum Gasteiger partial charge on any atom is -0.370 e. The molecule has 1 aliphatic heterocycles. The van der Waals surface area contributed by atoms with Gasteiger partial charge >= 0.3 is 0 Å². The molecule has 1 saturated heterocycles. The van der Waals surface area contributed by atoms with Crippen LogP contribution in [0.1, 0.15) is 32.6 Å². The molecule has 2 N–H and O–H groups in total. The molecule has 1 amide bonds. The number of nitrogens with two attached hydrogens (primary N) is 1. The van der Waals surface area contributed by atoms with Crippen LogP contribution in [0.3, 0.4) is 0 Å². The SMILES string of the molecule is CC(=CCC1CCC2OC2C1)C(N)=O. The average molecular weight is 195 g/mol. The Labute approximate surface area is 84.3 Å². The number of epoxide rings is 1.